The maximum atomic E-state index is 15.6. The van der Waals surface area contributed by atoms with E-state index in [1.807, 2.05) is 20.8 Å². The van der Waals surface area contributed by atoms with Crippen molar-refractivity contribution >= 4 is 28.5 Å². The number of piperidine rings is 1. The summed E-state index contributed by atoms with van der Waals surface area (Å²) < 4.78 is 21.0. The molecule has 25 heavy (non-hydrogen) atoms. The Bertz CT molecular complexity index is 798. The van der Waals surface area contributed by atoms with E-state index in [1.165, 1.54) is 0 Å². The predicted molar refractivity (Wildman–Crippen MR) is 94.4 cm³/mol. The molecule has 0 saturated carbocycles. The van der Waals surface area contributed by atoms with Gasteiger partial charge in [0.2, 0.25) is 0 Å². The van der Waals surface area contributed by atoms with Crippen molar-refractivity contribution < 1.29 is 13.9 Å². The van der Waals surface area contributed by atoms with Crippen LogP contribution in [0.25, 0.3) is 10.8 Å². The van der Waals surface area contributed by atoms with E-state index in [-0.39, 0.29) is 25.9 Å². The molecule has 0 aliphatic carbocycles. The first kappa shape index (κ1) is 17.9. The number of alkyl halides is 1. The smallest absolute Gasteiger partial charge is 0.410 e. The zero-order chi connectivity index (χ0) is 18.2. The Morgan fingerprint density at radius 2 is 2.00 bits per heavy atom. The van der Waals surface area contributed by atoms with Crippen LogP contribution in [0.3, 0.4) is 0 Å². The number of halogens is 2. The van der Waals surface area contributed by atoms with Crippen LogP contribution in [0.1, 0.15) is 39.3 Å². The number of amides is 1. The molecule has 0 spiro atoms. The van der Waals surface area contributed by atoms with Crippen molar-refractivity contribution in [2.24, 2.45) is 0 Å². The molecule has 1 aliphatic rings. The summed E-state index contributed by atoms with van der Waals surface area (Å²) in [5.74, 6) is 0. The SMILES string of the molecule is CC(C)(C)OC(=O)N1CCC(F)(c2nccc3cnc(Cl)cc23)CC1. The van der Waals surface area contributed by atoms with E-state index in [1.54, 1.807) is 29.4 Å². The fourth-order valence-electron chi connectivity index (χ4n) is 3.00. The van der Waals surface area contributed by atoms with Crippen molar-refractivity contribution in [3.8, 4) is 0 Å². The Morgan fingerprint density at radius 1 is 1.32 bits per heavy atom. The fraction of sp³-hybridized carbons (Fsp3) is 0.500. The number of pyridine rings is 2. The van der Waals surface area contributed by atoms with Crippen molar-refractivity contribution in [2.75, 3.05) is 13.1 Å². The third-order valence-corrected chi connectivity index (χ3v) is 4.45. The lowest BCUT2D eigenvalue weighted by atomic mass is 9.87. The van der Waals surface area contributed by atoms with Gasteiger partial charge >= 0.3 is 6.09 Å². The summed E-state index contributed by atoms with van der Waals surface area (Å²) in [6.07, 6.45) is 3.11. The first-order valence-corrected chi connectivity index (χ1v) is 8.63. The molecule has 5 nitrogen and oxygen atoms in total. The lowest BCUT2D eigenvalue weighted by molar-refractivity contribution is 0.00163. The number of carbonyl (C=O) groups is 1. The van der Waals surface area contributed by atoms with Crippen LogP contribution in [0, 0.1) is 0 Å². The number of fused-ring (bicyclic) bond motifs is 1. The molecular formula is C18H21ClFN3O2. The molecule has 0 aromatic carbocycles. The summed E-state index contributed by atoms with van der Waals surface area (Å²) in [5, 5.41) is 1.76. The third-order valence-electron chi connectivity index (χ3n) is 4.25. The quantitative estimate of drug-likeness (QED) is 0.699. The summed E-state index contributed by atoms with van der Waals surface area (Å²) in [6, 6.07) is 3.42. The molecule has 0 atom stereocenters. The minimum absolute atomic E-state index is 0.165. The van der Waals surface area contributed by atoms with Gasteiger partial charge in [-0.05, 0) is 32.9 Å². The second-order valence-electron chi connectivity index (χ2n) is 7.32. The highest BCUT2D eigenvalue weighted by Crippen LogP contribution is 2.39. The standard InChI is InChI=1S/C18H21ClFN3O2/c1-17(2,3)25-16(24)23-8-5-18(20,6-9-23)15-13-10-14(19)22-11-12(13)4-7-21-15/h4,7,10-11H,5-6,8-9H2,1-3H3. The molecule has 2 aromatic rings. The summed E-state index contributed by atoms with van der Waals surface area (Å²) in [4.78, 5) is 22.0. The molecule has 0 N–H and O–H groups in total. The molecular weight excluding hydrogens is 345 g/mol. The lowest BCUT2D eigenvalue weighted by Gasteiger charge is -2.37. The Kier molecular flexibility index (Phi) is 4.58. The van der Waals surface area contributed by atoms with E-state index < -0.39 is 17.4 Å². The third kappa shape index (κ3) is 3.84. The number of nitrogens with zero attached hydrogens (tertiary/aromatic N) is 3. The van der Waals surface area contributed by atoms with Crippen molar-refractivity contribution in [3.05, 3.63) is 35.4 Å². The molecule has 134 valence electrons. The highest BCUT2D eigenvalue weighted by Gasteiger charge is 2.40. The molecule has 7 heteroatoms. The first-order chi connectivity index (χ1) is 11.7. The van der Waals surface area contributed by atoms with Gasteiger partial charge in [-0.3, -0.25) is 4.98 Å². The van der Waals surface area contributed by atoms with Gasteiger partial charge in [0.1, 0.15) is 10.8 Å². The summed E-state index contributed by atoms with van der Waals surface area (Å²) in [6.45, 7) is 5.99. The van der Waals surface area contributed by atoms with Crippen LogP contribution in [-0.4, -0.2) is 39.7 Å². The van der Waals surface area contributed by atoms with Crippen LogP contribution >= 0.6 is 11.6 Å². The summed E-state index contributed by atoms with van der Waals surface area (Å²) in [7, 11) is 0. The monoisotopic (exact) mass is 365 g/mol. The second-order valence-corrected chi connectivity index (χ2v) is 7.71. The normalized spacial score (nSPS) is 17.6. The van der Waals surface area contributed by atoms with Gasteiger partial charge in [-0.25, -0.2) is 14.2 Å². The summed E-state index contributed by atoms with van der Waals surface area (Å²) >= 11 is 5.97. The molecule has 3 rings (SSSR count). The lowest BCUT2D eigenvalue weighted by Crippen LogP contribution is -2.45. The number of hydrogen-bond donors (Lipinski definition) is 0. The van der Waals surface area contributed by atoms with E-state index in [4.69, 9.17) is 16.3 Å². The first-order valence-electron chi connectivity index (χ1n) is 8.26. The van der Waals surface area contributed by atoms with Crippen LogP contribution in [0.15, 0.2) is 24.5 Å². The highest BCUT2D eigenvalue weighted by molar-refractivity contribution is 6.30. The van der Waals surface area contributed by atoms with Crippen LogP contribution in [-0.2, 0) is 10.4 Å². The Labute approximate surface area is 151 Å². The van der Waals surface area contributed by atoms with E-state index in [9.17, 15) is 4.79 Å². The van der Waals surface area contributed by atoms with Crippen LogP contribution in [0.2, 0.25) is 5.15 Å². The van der Waals surface area contributed by atoms with Crippen molar-refractivity contribution in [3.63, 3.8) is 0 Å². The number of hydrogen-bond acceptors (Lipinski definition) is 4. The van der Waals surface area contributed by atoms with Crippen molar-refractivity contribution in [1.82, 2.24) is 14.9 Å². The maximum absolute atomic E-state index is 15.6. The molecule has 2 aromatic heterocycles. The van der Waals surface area contributed by atoms with Gasteiger partial charge < -0.3 is 9.64 Å². The van der Waals surface area contributed by atoms with Crippen LogP contribution in [0.5, 0.6) is 0 Å². The van der Waals surface area contributed by atoms with Gasteiger partial charge in [0.15, 0.2) is 5.67 Å². The zero-order valence-electron chi connectivity index (χ0n) is 14.6. The van der Waals surface area contributed by atoms with Gasteiger partial charge in [0, 0.05) is 49.1 Å². The van der Waals surface area contributed by atoms with Gasteiger partial charge in [-0.1, -0.05) is 11.6 Å². The van der Waals surface area contributed by atoms with Gasteiger partial charge in [0.05, 0.1) is 5.69 Å². The average molecular weight is 366 g/mol. The fourth-order valence-corrected chi connectivity index (χ4v) is 3.16. The molecule has 0 bridgehead atoms. The predicted octanol–water partition coefficient (Wildman–Crippen LogP) is 4.48. The minimum atomic E-state index is -1.61. The molecule has 3 heterocycles. The molecule has 1 saturated heterocycles. The van der Waals surface area contributed by atoms with Gasteiger partial charge in [-0.15, -0.1) is 0 Å². The van der Waals surface area contributed by atoms with Crippen LogP contribution < -0.4 is 0 Å². The van der Waals surface area contributed by atoms with Gasteiger partial charge in [-0.2, -0.15) is 0 Å². The average Bonchev–Trinajstić information content (AvgIpc) is 2.53. The number of aromatic nitrogens is 2. The number of carbonyl (C=O) groups excluding carboxylic acids is 1. The second kappa shape index (κ2) is 6.41. The number of rotatable bonds is 1. The number of likely N-dealkylation sites (tertiary alicyclic amines) is 1. The topological polar surface area (TPSA) is 55.3 Å². The number of ether oxygens (including phenoxy) is 1. The van der Waals surface area contributed by atoms with E-state index in [0.717, 1.165) is 5.39 Å². The molecule has 1 amide bonds. The molecule has 1 fully saturated rings. The molecule has 0 radical (unpaired) electrons. The maximum Gasteiger partial charge on any atom is 0.410 e. The highest BCUT2D eigenvalue weighted by atomic mass is 35.5. The Balaban J connectivity index is 1.81. The zero-order valence-corrected chi connectivity index (χ0v) is 15.3. The largest absolute Gasteiger partial charge is 0.444 e. The Morgan fingerprint density at radius 3 is 2.64 bits per heavy atom. The molecule has 1 aliphatic heterocycles. The summed E-state index contributed by atoms with van der Waals surface area (Å²) in [5.41, 5.74) is -1.82. The van der Waals surface area contributed by atoms with Crippen molar-refractivity contribution in [2.45, 2.75) is 44.9 Å². The van der Waals surface area contributed by atoms with E-state index in [2.05, 4.69) is 9.97 Å². The Hall–Kier alpha value is -1.95. The van der Waals surface area contributed by atoms with Gasteiger partial charge in [0.25, 0.3) is 0 Å². The van der Waals surface area contributed by atoms with E-state index >= 15 is 4.39 Å². The van der Waals surface area contributed by atoms with Crippen LogP contribution in [0.4, 0.5) is 9.18 Å². The minimum Gasteiger partial charge on any atom is -0.444 e. The molecule has 0 unspecified atom stereocenters. The van der Waals surface area contributed by atoms with Crippen molar-refractivity contribution in [1.29, 1.82) is 0 Å². The van der Waals surface area contributed by atoms with E-state index in [0.29, 0.717) is 16.2 Å².